The Hall–Kier alpha value is -8.84. The van der Waals surface area contributed by atoms with Gasteiger partial charge >= 0.3 is 0 Å². The summed E-state index contributed by atoms with van der Waals surface area (Å²) < 4.78 is 18.1. The number of nitriles is 2. The van der Waals surface area contributed by atoms with Crippen molar-refractivity contribution in [1.29, 1.82) is 10.5 Å². The van der Waals surface area contributed by atoms with Gasteiger partial charge in [0.2, 0.25) is 0 Å². The van der Waals surface area contributed by atoms with Gasteiger partial charge in [0.05, 0.1) is 61.8 Å². The summed E-state index contributed by atoms with van der Waals surface area (Å²) in [6, 6.07) is 67.1. The molecule has 0 N–H and O–H groups in total. The van der Waals surface area contributed by atoms with Crippen LogP contribution in [-0.4, -0.2) is 9.13 Å². The number of benzene rings is 9. The van der Waals surface area contributed by atoms with Gasteiger partial charge in [-0.1, -0.05) is 97.1 Å². The molecule has 0 saturated carbocycles. The van der Waals surface area contributed by atoms with Crippen LogP contribution in [0.25, 0.3) is 121 Å². The van der Waals surface area contributed by atoms with Crippen LogP contribution in [0.1, 0.15) is 11.1 Å². The molecule has 0 bridgehead atoms. The molecule has 286 valence electrons. The minimum Gasteiger partial charge on any atom is -0.455 e. The Labute approximate surface area is 353 Å². The first-order valence-electron chi connectivity index (χ1n) is 20.5. The molecule has 0 aliphatic rings. The number of aromatic nitrogens is 2. The van der Waals surface area contributed by atoms with Gasteiger partial charge in [-0.25, -0.2) is 0 Å². The van der Waals surface area contributed by atoms with E-state index in [2.05, 4.69) is 143 Å². The Bertz CT molecular complexity index is 4140. The van der Waals surface area contributed by atoms with E-state index in [4.69, 9.17) is 8.83 Å². The van der Waals surface area contributed by atoms with Gasteiger partial charge in [-0.05, 0) is 96.1 Å². The van der Waals surface area contributed by atoms with E-state index in [0.29, 0.717) is 11.1 Å². The molecule has 9 aromatic carbocycles. The van der Waals surface area contributed by atoms with Gasteiger partial charge in [-0.2, -0.15) is 10.5 Å². The van der Waals surface area contributed by atoms with Crippen molar-refractivity contribution in [3.63, 3.8) is 0 Å². The van der Waals surface area contributed by atoms with Crippen LogP contribution in [0.3, 0.4) is 0 Å². The first-order chi connectivity index (χ1) is 30.7. The predicted molar refractivity (Wildman–Crippen MR) is 250 cm³/mol. The van der Waals surface area contributed by atoms with Crippen molar-refractivity contribution in [2.75, 3.05) is 0 Å². The molecule has 0 spiro atoms. The zero-order chi connectivity index (χ0) is 41.1. The van der Waals surface area contributed by atoms with E-state index in [1.807, 2.05) is 54.6 Å². The molecule has 0 unspecified atom stereocenters. The molecule has 6 heteroatoms. The summed E-state index contributed by atoms with van der Waals surface area (Å²) in [4.78, 5) is 0. The van der Waals surface area contributed by atoms with Crippen LogP contribution in [0.2, 0.25) is 0 Å². The second kappa shape index (κ2) is 12.8. The van der Waals surface area contributed by atoms with E-state index in [1.54, 1.807) is 6.07 Å². The molecule has 13 rings (SSSR count). The highest BCUT2D eigenvalue weighted by atomic mass is 16.3. The maximum absolute atomic E-state index is 10.3. The molecule has 0 aliphatic carbocycles. The molecule has 4 heterocycles. The fourth-order valence-electron chi connectivity index (χ4n) is 9.90. The first kappa shape index (κ1) is 34.1. The zero-order valence-corrected chi connectivity index (χ0v) is 32.9. The SMILES string of the molecule is N#Cc1cccc(-c2cc(-c3ccc(-n4c5ccccc5c5c6oc7ccccc7c6ccc54)cc3-n3c4ccccc4c4c5oc6ccccc6c5ccc43)ccc2C#N)c1. The van der Waals surface area contributed by atoms with Crippen molar-refractivity contribution in [2.45, 2.75) is 0 Å². The third-order valence-corrected chi connectivity index (χ3v) is 12.6. The highest BCUT2D eigenvalue weighted by Gasteiger charge is 2.24. The van der Waals surface area contributed by atoms with Crippen LogP contribution in [0.4, 0.5) is 0 Å². The van der Waals surface area contributed by atoms with Crippen molar-refractivity contribution in [1.82, 2.24) is 9.13 Å². The van der Waals surface area contributed by atoms with E-state index in [-0.39, 0.29) is 0 Å². The van der Waals surface area contributed by atoms with E-state index < -0.39 is 0 Å². The molecule has 62 heavy (non-hydrogen) atoms. The highest BCUT2D eigenvalue weighted by Crippen LogP contribution is 2.45. The molecule has 4 aromatic heterocycles. The number of para-hydroxylation sites is 4. The molecule has 0 radical (unpaired) electrons. The number of furan rings is 2. The molecule has 0 fully saturated rings. The summed E-state index contributed by atoms with van der Waals surface area (Å²) in [6.45, 7) is 0. The predicted octanol–water partition coefficient (Wildman–Crippen LogP) is 14.8. The molecular weight excluding hydrogens is 761 g/mol. The van der Waals surface area contributed by atoms with Gasteiger partial charge in [0, 0.05) is 49.1 Å². The lowest BCUT2D eigenvalue weighted by atomic mass is 9.93. The summed E-state index contributed by atoms with van der Waals surface area (Å²) in [7, 11) is 0. The summed E-state index contributed by atoms with van der Waals surface area (Å²) in [5.74, 6) is 0. The Balaban J connectivity index is 1.14. The lowest BCUT2D eigenvalue weighted by Crippen LogP contribution is -2.01. The summed E-state index contributed by atoms with van der Waals surface area (Å²) in [6.07, 6.45) is 0. The van der Waals surface area contributed by atoms with E-state index in [1.165, 1.54) is 0 Å². The zero-order valence-electron chi connectivity index (χ0n) is 32.9. The summed E-state index contributed by atoms with van der Waals surface area (Å²) in [5.41, 5.74) is 14.1. The number of nitrogens with zero attached hydrogens (tertiary/aromatic N) is 4. The van der Waals surface area contributed by atoms with Gasteiger partial charge < -0.3 is 18.0 Å². The molecule has 6 nitrogen and oxygen atoms in total. The fraction of sp³-hybridized carbons (Fsp3) is 0. The third kappa shape index (κ3) is 4.72. The van der Waals surface area contributed by atoms with Crippen molar-refractivity contribution >= 4 is 87.5 Å². The average molecular weight is 791 g/mol. The van der Waals surface area contributed by atoms with Crippen LogP contribution >= 0.6 is 0 Å². The summed E-state index contributed by atoms with van der Waals surface area (Å²) in [5, 5.41) is 28.8. The second-order valence-electron chi connectivity index (χ2n) is 15.8. The Morgan fingerprint density at radius 2 is 0.968 bits per heavy atom. The maximum Gasteiger partial charge on any atom is 0.145 e. The highest BCUT2D eigenvalue weighted by molar-refractivity contribution is 6.25. The minimum atomic E-state index is 0.535. The molecule has 0 saturated heterocycles. The van der Waals surface area contributed by atoms with E-state index in [9.17, 15) is 10.5 Å². The monoisotopic (exact) mass is 790 g/mol. The van der Waals surface area contributed by atoms with Crippen LogP contribution in [0, 0.1) is 22.7 Å². The molecule has 0 atom stereocenters. The third-order valence-electron chi connectivity index (χ3n) is 12.6. The van der Waals surface area contributed by atoms with Crippen LogP contribution in [0.15, 0.2) is 191 Å². The number of rotatable bonds is 4. The average Bonchev–Trinajstić information content (AvgIpc) is 4.09. The molecule has 0 amide bonds. The van der Waals surface area contributed by atoms with Crippen molar-refractivity contribution in [2.24, 2.45) is 0 Å². The van der Waals surface area contributed by atoms with E-state index in [0.717, 1.165) is 121 Å². The molecule has 13 aromatic rings. The largest absolute Gasteiger partial charge is 0.455 e. The standard InChI is InChI=1S/C56H30N4O2/c57-31-33-10-9-11-34(28-33)45-29-35(20-21-36(45)32-58)38-23-22-37(59-46-16-5-1-14-43(46)53-48(59)26-24-41-39-12-3-7-18-51(39)61-55(41)53)30-50(38)60-47-17-6-2-15-44(47)54-49(60)27-25-42-40-13-4-8-19-52(40)62-56(42)54/h1-30H. The smallest absolute Gasteiger partial charge is 0.145 e. The normalized spacial score (nSPS) is 11.8. The van der Waals surface area contributed by atoms with Crippen molar-refractivity contribution in [3.05, 3.63) is 193 Å². The van der Waals surface area contributed by atoms with Gasteiger partial charge in [-0.15, -0.1) is 0 Å². The number of hydrogen-bond donors (Lipinski definition) is 0. The van der Waals surface area contributed by atoms with Crippen LogP contribution in [-0.2, 0) is 0 Å². The van der Waals surface area contributed by atoms with E-state index >= 15 is 0 Å². The molecular formula is C56H30N4O2. The van der Waals surface area contributed by atoms with Crippen LogP contribution < -0.4 is 0 Å². The Kier molecular flexibility index (Phi) is 7.05. The lowest BCUT2D eigenvalue weighted by molar-refractivity contribution is 0.672. The fourth-order valence-corrected chi connectivity index (χ4v) is 9.90. The number of fused-ring (bicyclic) bond motifs is 14. The second-order valence-corrected chi connectivity index (χ2v) is 15.8. The van der Waals surface area contributed by atoms with Crippen molar-refractivity contribution < 1.29 is 8.83 Å². The van der Waals surface area contributed by atoms with Gasteiger partial charge in [0.25, 0.3) is 0 Å². The van der Waals surface area contributed by atoms with Gasteiger partial charge in [0.1, 0.15) is 22.3 Å². The van der Waals surface area contributed by atoms with Crippen molar-refractivity contribution in [3.8, 4) is 45.8 Å². The maximum atomic E-state index is 10.3. The van der Waals surface area contributed by atoms with Gasteiger partial charge in [-0.3, -0.25) is 0 Å². The first-order valence-corrected chi connectivity index (χ1v) is 20.5. The van der Waals surface area contributed by atoms with Crippen LogP contribution in [0.5, 0.6) is 0 Å². The van der Waals surface area contributed by atoms with Gasteiger partial charge in [0.15, 0.2) is 0 Å². The Morgan fingerprint density at radius 1 is 0.387 bits per heavy atom. The molecule has 0 aliphatic heterocycles. The summed E-state index contributed by atoms with van der Waals surface area (Å²) >= 11 is 0. The lowest BCUT2D eigenvalue weighted by Gasteiger charge is -2.18. The Morgan fingerprint density at radius 3 is 1.61 bits per heavy atom. The quantitative estimate of drug-likeness (QED) is 0.178. The topological polar surface area (TPSA) is 83.7 Å². The minimum absolute atomic E-state index is 0.535. The number of hydrogen-bond acceptors (Lipinski definition) is 4.